The molecule has 0 N–H and O–H groups in total. The van der Waals surface area contributed by atoms with Crippen LogP contribution in [0.15, 0.2) is 67.4 Å². The van der Waals surface area contributed by atoms with Crippen LogP contribution in [0.3, 0.4) is 0 Å². The third-order valence-corrected chi connectivity index (χ3v) is 6.93. The summed E-state index contributed by atoms with van der Waals surface area (Å²) < 4.78 is 11.9. The topological polar surface area (TPSA) is 19.4 Å². The van der Waals surface area contributed by atoms with E-state index in [1.165, 1.54) is 5.56 Å². The number of nitrogens with zero attached hydrogens (tertiary/aromatic N) is 3. The van der Waals surface area contributed by atoms with Gasteiger partial charge in [0.25, 0.3) is 0 Å². The molecule has 2 heterocycles. The molecule has 0 saturated carbocycles. The Morgan fingerprint density at radius 3 is 2.31 bits per heavy atom. The van der Waals surface area contributed by atoms with Crippen LogP contribution in [0.2, 0.25) is 5.02 Å². The number of benzene rings is 2. The second-order valence-corrected chi connectivity index (χ2v) is 10.9. The summed E-state index contributed by atoms with van der Waals surface area (Å²) in [5, 5.41) is 1.69. The SMILES string of the molecule is C=C(CCCF)N1CCN(C)CC1.C=Cc1ccc2c(Cl)cc(-c3ccc(C(C)(C)C)cc3)nc2c1. The van der Waals surface area contributed by atoms with Crippen molar-refractivity contribution in [3.8, 4) is 11.3 Å². The fourth-order valence-electron chi connectivity index (χ4n) is 4.17. The number of likely N-dealkylation sites (N-methyl/N-ethyl adjacent to an activating group) is 1. The predicted octanol–water partition coefficient (Wildman–Crippen LogP) is 7.99. The van der Waals surface area contributed by atoms with Crippen molar-refractivity contribution in [3.05, 3.63) is 83.5 Å². The van der Waals surface area contributed by atoms with Crippen molar-refractivity contribution in [2.24, 2.45) is 0 Å². The van der Waals surface area contributed by atoms with Crippen molar-refractivity contribution >= 4 is 28.6 Å². The van der Waals surface area contributed by atoms with Gasteiger partial charge in [0.2, 0.25) is 0 Å². The standard InChI is InChI=1S/C21H20ClN.C10H19FN2/c1-5-14-6-11-17-18(22)13-19(23-20(17)12-14)15-7-9-16(10-8-15)21(2,3)4;1-10(4-3-5-11)13-8-6-12(2)7-9-13/h5-13H,1H2,2-4H3;1,3-9H2,2H3. The zero-order valence-corrected chi connectivity index (χ0v) is 22.9. The molecule has 0 atom stereocenters. The minimum Gasteiger partial charge on any atom is -0.373 e. The molecule has 3 nitrogen and oxygen atoms in total. The van der Waals surface area contributed by atoms with E-state index >= 15 is 0 Å². The van der Waals surface area contributed by atoms with E-state index in [4.69, 9.17) is 16.6 Å². The fourth-order valence-corrected chi connectivity index (χ4v) is 4.43. The minimum absolute atomic E-state index is 0.145. The zero-order chi connectivity index (χ0) is 26.3. The van der Waals surface area contributed by atoms with E-state index in [1.807, 2.05) is 30.3 Å². The number of allylic oxidation sites excluding steroid dienone is 1. The van der Waals surface area contributed by atoms with Gasteiger partial charge in [-0.2, -0.15) is 0 Å². The van der Waals surface area contributed by atoms with Crippen molar-refractivity contribution in [3.63, 3.8) is 0 Å². The molecule has 1 aliphatic heterocycles. The lowest BCUT2D eigenvalue weighted by atomic mass is 9.86. The Bertz CT molecular complexity index is 1170. The molecule has 0 bridgehead atoms. The average molecular weight is 508 g/mol. The number of aromatic nitrogens is 1. The van der Waals surface area contributed by atoms with Crippen LogP contribution < -0.4 is 0 Å². The van der Waals surface area contributed by atoms with Crippen molar-refractivity contribution in [2.75, 3.05) is 39.9 Å². The number of hydrogen-bond donors (Lipinski definition) is 0. The fraction of sp³-hybridized carbons (Fsp3) is 0.387. The van der Waals surface area contributed by atoms with Crippen molar-refractivity contribution in [1.29, 1.82) is 0 Å². The maximum Gasteiger partial charge on any atom is 0.0898 e. The molecule has 5 heteroatoms. The maximum atomic E-state index is 11.9. The monoisotopic (exact) mass is 507 g/mol. The summed E-state index contributed by atoms with van der Waals surface area (Å²) in [5.41, 5.74) is 6.46. The molecule has 4 rings (SSSR count). The molecular weight excluding hydrogens is 469 g/mol. The first-order valence-corrected chi connectivity index (χ1v) is 13.0. The van der Waals surface area contributed by atoms with Gasteiger partial charge in [0.15, 0.2) is 0 Å². The molecule has 1 aromatic heterocycles. The predicted molar refractivity (Wildman–Crippen MR) is 154 cm³/mol. The Morgan fingerprint density at radius 1 is 1.06 bits per heavy atom. The van der Waals surface area contributed by atoms with Crippen LogP contribution in [0.4, 0.5) is 4.39 Å². The molecule has 0 spiro atoms. The van der Waals surface area contributed by atoms with Gasteiger partial charge in [0, 0.05) is 42.8 Å². The normalized spacial score (nSPS) is 14.3. The van der Waals surface area contributed by atoms with Crippen LogP contribution >= 0.6 is 11.6 Å². The number of pyridine rings is 1. The summed E-state index contributed by atoms with van der Waals surface area (Å²) in [5.74, 6) is 0. The first-order chi connectivity index (χ1) is 17.1. The van der Waals surface area contributed by atoms with Gasteiger partial charge in [0.05, 0.1) is 22.9 Å². The summed E-state index contributed by atoms with van der Waals surface area (Å²) >= 11 is 6.45. The highest BCUT2D eigenvalue weighted by Gasteiger charge is 2.15. The third-order valence-electron chi connectivity index (χ3n) is 6.62. The summed E-state index contributed by atoms with van der Waals surface area (Å²) in [4.78, 5) is 9.35. The first kappa shape index (κ1) is 27.9. The maximum absolute atomic E-state index is 11.9. The van der Waals surface area contributed by atoms with E-state index in [0.717, 1.165) is 71.0 Å². The van der Waals surface area contributed by atoms with Crippen molar-refractivity contribution < 1.29 is 4.39 Å². The molecule has 2 aromatic carbocycles. The van der Waals surface area contributed by atoms with Crippen LogP contribution in [-0.4, -0.2) is 54.7 Å². The molecule has 0 amide bonds. The zero-order valence-electron chi connectivity index (χ0n) is 22.2. The number of fused-ring (bicyclic) bond motifs is 1. The molecule has 1 aliphatic rings. The summed E-state index contributed by atoms with van der Waals surface area (Å²) in [7, 11) is 2.13. The van der Waals surface area contributed by atoms with Crippen LogP contribution in [0, 0.1) is 0 Å². The van der Waals surface area contributed by atoms with Gasteiger partial charge in [0.1, 0.15) is 0 Å². The summed E-state index contributed by atoms with van der Waals surface area (Å²) in [6.45, 7) is 18.5. The Balaban J connectivity index is 0.000000236. The average Bonchev–Trinajstić information content (AvgIpc) is 2.87. The lowest BCUT2D eigenvalue weighted by Gasteiger charge is -2.35. The minimum atomic E-state index is -0.229. The number of rotatable bonds is 6. The Morgan fingerprint density at radius 2 is 1.72 bits per heavy atom. The van der Waals surface area contributed by atoms with Gasteiger partial charge in [-0.3, -0.25) is 4.39 Å². The molecule has 0 aliphatic carbocycles. The molecule has 192 valence electrons. The smallest absolute Gasteiger partial charge is 0.0898 e. The van der Waals surface area contributed by atoms with Gasteiger partial charge < -0.3 is 9.80 Å². The molecule has 0 radical (unpaired) electrons. The van der Waals surface area contributed by atoms with E-state index in [2.05, 4.69) is 75.0 Å². The van der Waals surface area contributed by atoms with E-state index < -0.39 is 0 Å². The lowest BCUT2D eigenvalue weighted by Crippen LogP contribution is -2.43. The van der Waals surface area contributed by atoms with E-state index in [0.29, 0.717) is 6.42 Å². The van der Waals surface area contributed by atoms with Gasteiger partial charge in [-0.05, 0) is 48.6 Å². The Hall–Kier alpha value is -2.69. The first-order valence-electron chi connectivity index (χ1n) is 12.6. The number of piperazine rings is 1. The van der Waals surface area contributed by atoms with Crippen LogP contribution in [0.25, 0.3) is 28.2 Å². The Kier molecular flexibility index (Phi) is 9.69. The van der Waals surface area contributed by atoms with Gasteiger partial charge in [-0.1, -0.05) is 88.0 Å². The second-order valence-electron chi connectivity index (χ2n) is 10.4. The highest BCUT2D eigenvalue weighted by Crippen LogP contribution is 2.30. The van der Waals surface area contributed by atoms with Gasteiger partial charge >= 0.3 is 0 Å². The van der Waals surface area contributed by atoms with E-state index in [1.54, 1.807) is 0 Å². The second kappa shape index (κ2) is 12.5. The van der Waals surface area contributed by atoms with Gasteiger partial charge in [-0.25, -0.2) is 4.98 Å². The van der Waals surface area contributed by atoms with Crippen molar-refractivity contribution in [1.82, 2.24) is 14.8 Å². The Labute approximate surface area is 221 Å². The van der Waals surface area contributed by atoms with Crippen molar-refractivity contribution in [2.45, 2.75) is 39.0 Å². The van der Waals surface area contributed by atoms with E-state index in [-0.39, 0.29) is 12.1 Å². The lowest BCUT2D eigenvalue weighted by molar-refractivity contribution is 0.182. The largest absolute Gasteiger partial charge is 0.373 e. The number of alkyl halides is 1. The van der Waals surface area contributed by atoms with Crippen LogP contribution in [0.5, 0.6) is 0 Å². The summed E-state index contributed by atoms with van der Waals surface area (Å²) in [6.07, 6.45) is 3.24. The molecular formula is C31H39ClFN3. The molecule has 1 fully saturated rings. The molecule has 1 saturated heterocycles. The van der Waals surface area contributed by atoms with Crippen LogP contribution in [-0.2, 0) is 5.41 Å². The highest BCUT2D eigenvalue weighted by atomic mass is 35.5. The molecule has 0 unspecified atom stereocenters. The molecule has 36 heavy (non-hydrogen) atoms. The van der Waals surface area contributed by atoms with E-state index in [9.17, 15) is 4.39 Å². The number of halogens is 2. The van der Waals surface area contributed by atoms with Gasteiger partial charge in [-0.15, -0.1) is 0 Å². The molecule has 3 aromatic rings. The number of hydrogen-bond acceptors (Lipinski definition) is 3. The van der Waals surface area contributed by atoms with Crippen LogP contribution in [0.1, 0.15) is 44.7 Å². The third kappa shape index (κ3) is 7.41. The summed E-state index contributed by atoms with van der Waals surface area (Å²) in [6, 6.07) is 16.5. The quantitative estimate of drug-likeness (QED) is 0.337. The highest BCUT2D eigenvalue weighted by molar-refractivity contribution is 6.35.